The zero-order valence-electron chi connectivity index (χ0n) is 29.2. The van der Waals surface area contributed by atoms with E-state index in [0.717, 1.165) is 41.0 Å². The average molecular weight is 682 g/mol. The summed E-state index contributed by atoms with van der Waals surface area (Å²) >= 11 is 0. The van der Waals surface area contributed by atoms with Crippen LogP contribution in [0.15, 0.2) is 127 Å². The first-order valence-corrected chi connectivity index (χ1v) is 17.8. The van der Waals surface area contributed by atoms with Crippen molar-refractivity contribution < 1.29 is 28.5 Å². The molecule has 1 aliphatic carbocycles. The molecular formula is C44H43NO6. The van der Waals surface area contributed by atoms with Gasteiger partial charge < -0.3 is 23.7 Å². The molecule has 7 heteroatoms. The maximum Gasteiger partial charge on any atom is 0.410 e. The third kappa shape index (κ3) is 5.84. The van der Waals surface area contributed by atoms with E-state index in [9.17, 15) is 4.79 Å². The summed E-state index contributed by atoms with van der Waals surface area (Å²) in [5.74, 6) is 1.52. The lowest BCUT2D eigenvalue weighted by Crippen LogP contribution is -2.58. The molecule has 5 aromatic rings. The second-order valence-corrected chi connectivity index (χ2v) is 13.6. The van der Waals surface area contributed by atoms with Crippen LogP contribution in [0.4, 0.5) is 4.79 Å². The Balaban J connectivity index is 1.08. The van der Waals surface area contributed by atoms with Gasteiger partial charge in [-0.1, -0.05) is 103 Å². The molecule has 8 rings (SSSR count). The Hall–Kier alpha value is -5.11. The molecule has 3 aliphatic rings. The van der Waals surface area contributed by atoms with Crippen LogP contribution in [0.25, 0.3) is 11.1 Å². The van der Waals surface area contributed by atoms with E-state index >= 15 is 0 Å². The summed E-state index contributed by atoms with van der Waals surface area (Å²) in [6.45, 7) is 2.59. The predicted molar refractivity (Wildman–Crippen MR) is 196 cm³/mol. The Kier molecular flexibility index (Phi) is 9.01. The van der Waals surface area contributed by atoms with E-state index < -0.39 is 5.60 Å². The number of carbonyl (C=O) groups excluding carboxylic acids is 1. The van der Waals surface area contributed by atoms with Gasteiger partial charge in [-0.2, -0.15) is 0 Å². The number of ether oxygens (including phenoxy) is 5. The fraction of sp³-hybridized carbons (Fsp3) is 0.295. The zero-order chi connectivity index (χ0) is 35.0. The summed E-state index contributed by atoms with van der Waals surface area (Å²) in [5.41, 5.74) is 6.69. The van der Waals surface area contributed by atoms with E-state index in [1.807, 2.05) is 47.4 Å². The van der Waals surface area contributed by atoms with Gasteiger partial charge in [0.05, 0.1) is 39.0 Å². The summed E-state index contributed by atoms with van der Waals surface area (Å²) in [7, 11) is 3.33. The minimum atomic E-state index is -0.990. The fourth-order valence-corrected chi connectivity index (χ4v) is 8.52. The number of nitrogens with zero attached hydrogens (tertiary/aromatic N) is 1. The van der Waals surface area contributed by atoms with Crippen LogP contribution in [0, 0.1) is 0 Å². The van der Waals surface area contributed by atoms with Crippen LogP contribution in [0.5, 0.6) is 11.5 Å². The first-order chi connectivity index (χ1) is 25.0. The van der Waals surface area contributed by atoms with Crippen LogP contribution in [0.1, 0.15) is 53.5 Å². The van der Waals surface area contributed by atoms with E-state index in [0.29, 0.717) is 0 Å². The molecule has 0 aromatic heterocycles. The van der Waals surface area contributed by atoms with Crippen LogP contribution in [-0.4, -0.2) is 62.7 Å². The summed E-state index contributed by atoms with van der Waals surface area (Å²) in [6.07, 6.45) is 0.845. The van der Waals surface area contributed by atoms with Gasteiger partial charge in [0.15, 0.2) is 0 Å². The Morgan fingerprint density at radius 1 is 0.667 bits per heavy atom. The minimum absolute atomic E-state index is 0.00270. The SMILES string of the molecule is COc1ccc(C(OC[C@H]2O[C@@H](C)C3CCC2N3C(=O)OCC2c3ccccc3-c3ccccc32)(c2ccccc2)c2ccc(OC)cc2)cc1. The number of amides is 1. The molecule has 2 fully saturated rings. The normalized spacial score (nSPS) is 20.8. The van der Waals surface area contributed by atoms with Crippen LogP contribution < -0.4 is 9.47 Å². The first-order valence-electron chi connectivity index (χ1n) is 17.8. The Morgan fingerprint density at radius 3 is 1.75 bits per heavy atom. The highest BCUT2D eigenvalue weighted by atomic mass is 16.6. The van der Waals surface area contributed by atoms with Gasteiger partial charge in [0.25, 0.3) is 0 Å². The largest absolute Gasteiger partial charge is 0.497 e. The molecule has 4 atom stereocenters. The van der Waals surface area contributed by atoms with Crippen molar-refractivity contribution in [3.05, 3.63) is 155 Å². The van der Waals surface area contributed by atoms with Gasteiger partial charge in [-0.05, 0) is 83.0 Å². The van der Waals surface area contributed by atoms with Crippen molar-refractivity contribution in [3.8, 4) is 22.6 Å². The number of carbonyl (C=O) groups is 1. The number of rotatable bonds is 10. The minimum Gasteiger partial charge on any atom is -0.497 e. The molecule has 260 valence electrons. The summed E-state index contributed by atoms with van der Waals surface area (Å²) in [6, 6.07) is 42.9. The fourth-order valence-electron chi connectivity index (χ4n) is 8.52. The highest BCUT2D eigenvalue weighted by molar-refractivity contribution is 5.79. The van der Waals surface area contributed by atoms with Crippen LogP contribution >= 0.6 is 0 Å². The molecule has 0 N–H and O–H groups in total. The lowest BCUT2D eigenvalue weighted by Gasteiger charge is -2.44. The molecule has 5 aromatic carbocycles. The molecule has 0 spiro atoms. The van der Waals surface area contributed by atoms with Crippen molar-refractivity contribution in [2.45, 2.75) is 55.6 Å². The van der Waals surface area contributed by atoms with Gasteiger partial charge in [-0.3, -0.25) is 4.90 Å². The van der Waals surface area contributed by atoms with Crippen LogP contribution in [-0.2, 0) is 19.8 Å². The summed E-state index contributed by atoms with van der Waals surface area (Å²) in [5, 5.41) is 0. The molecule has 51 heavy (non-hydrogen) atoms. The lowest BCUT2D eigenvalue weighted by molar-refractivity contribution is -0.150. The highest BCUT2D eigenvalue weighted by Crippen LogP contribution is 2.46. The molecule has 7 nitrogen and oxygen atoms in total. The van der Waals surface area contributed by atoms with Gasteiger partial charge in [-0.25, -0.2) is 4.79 Å². The molecule has 2 aliphatic heterocycles. The van der Waals surface area contributed by atoms with E-state index in [4.69, 9.17) is 23.7 Å². The summed E-state index contributed by atoms with van der Waals surface area (Å²) < 4.78 is 31.2. The summed E-state index contributed by atoms with van der Waals surface area (Å²) in [4.78, 5) is 16.0. The Bertz CT molecular complexity index is 1880. The van der Waals surface area contributed by atoms with E-state index in [-0.39, 0.29) is 49.5 Å². The van der Waals surface area contributed by atoms with E-state index in [1.54, 1.807) is 14.2 Å². The second kappa shape index (κ2) is 13.9. The molecule has 0 radical (unpaired) electrons. The standard InChI is InChI=1S/C44H43NO6/c1-29-40-25-26-41(45(40)43(46)49-27-39-37-15-9-7-13-35(37)36-14-8-10-16-38(36)39)42(51-29)28-50-44(30-11-5-4-6-12-30,31-17-21-33(47-2)22-18-31)32-19-23-34(48-3)24-20-32/h4-24,29,39-42H,25-28H2,1-3H3/t29-,40?,41?,42+/m0/s1. The van der Waals surface area contributed by atoms with E-state index in [2.05, 4.69) is 91.9 Å². The van der Waals surface area contributed by atoms with E-state index in [1.165, 1.54) is 22.3 Å². The van der Waals surface area contributed by atoms with Crippen molar-refractivity contribution in [2.75, 3.05) is 27.4 Å². The number of fused-ring (bicyclic) bond motifs is 5. The van der Waals surface area contributed by atoms with Crippen LogP contribution in [0.3, 0.4) is 0 Å². The zero-order valence-corrected chi connectivity index (χ0v) is 29.2. The molecular weight excluding hydrogens is 638 g/mol. The predicted octanol–water partition coefficient (Wildman–Crippen LogP) is 8.58. The number of hydrogen-bond donors (Lipinski definition) is 0. The second-order valence-electron chi connectivity index (χ2n) is 13.6. The van der Waals surface area contributed by atoms with Crippen molar-refractivity contribution >= 4 is 6.09 Å². The molecule has 2 bridgehead atoms. The van der Waals surface area contributed by atoms with Crippen LogP contribution in [0.2, 0.25) is 0 Å². The molecule has 0 saturated carbocycles. The number of benzene rings is 5. The number of methoxy groups -OCH3 is 2. The highest BCUT2D eigenvalue weighted by Gasteiger charge is 2.51. The van der Waals surface area contributed by atoms with Gasteiger partial charge in [-0.15, -0.1) is 0 Å². The molecule has 2 saturated heterocycles. The van der Waals surface area contributed by atoms with Crippen molar-refractivity contribution in [3.63, 3.8) is 0 Å². The molecule has 2 unspecified atom stereocenters. The van der Waals surface area contributed by atoms with Gasteiger partial charge in [0.1, 0.15) is 29.8 Å². The third-order valence-corrected chi connectivity index (χ3v) is 11.0. The first kappa shape index (κ1) is 33.1. The van der Waals surface area contributed by atoms with Gasteiger partial charge in [0, 0.05) is 5.92 Å². The maximum absolute atomic E-state index is 14.1. The number of hydrogen-bond acceptors (Lipinski definition) is 6. The lowest BCUT2D eigenvalue weighted by atomic mass is 9.80. The van der Waals surface area contributed by atoms with Crippen molar-refractivity contribution in [2.24, 2.45) is 0 Å². The van der Waals surface area contributed by atoms with Gasteiger partial charge in [0.2, 0.25) is 0 Å². The Labute approximate surface area is 299 Å². The number of morpholine rings is 1. The maximum atomic E-state index is 14.1. The van der Waals surface area contributed by atoms with Crippen molar-refractivity contribution in [1.82, 2.24) is 4.90 Å². The monoisotopic (exact) mass is 681 g/mol. The average Bonchev–Trinajstić information content (AvgIpc) is 3.73. The topological polar surface area (TPSA) is 66.5 Å². The smallest absolute Gasteiger partial charge is 0.410 e. The van der Waals surface area contributed by atoms with Gasteiger partial charge >= 0.3 is 6.09 Å². The molecule has 1 amide bonds. The Morgan fingerprint density at radius 2 is 1.18 bits per heavy atom. The third-order valence-electron chi connectivity index (χ3n) is 11.0. The quantitative estimate of drug-likeness (QED) is 0.138. The van der Waals surface area contributed by atoms with Crippen molar-refractivity contribution in [1.29, 1.82) is 0 Å². The molecule has 2 heterocycles.